The molecule has 0 saturated carbocycles. The number of aromatic nitrogens is 2. The monoisotopic (exact) mass is 457 g/mol. The third-order valence-electron chi connectivity index (χ3n) is 4.21. The zero-order chi connectivity index (χ0) is 24.5. The average Bonchev–Trinajstić information content (AvgIpc) is 2.74. The number of benzene rings is 1. The van der Waals surface area contributed by atoms with Crippen LogP contribution in [0.1, 0.15) is 39.4 Å². The van der Waals surface area contributed by atoms with Gasteiger partial charge in [0.15, 0.2) is 11.5 Å². The minimum Gasteiger partial charge on any atom is -0.481 e. The lowest BCUT2D eigenvalue weighted by Crippen LogP contribution is -2.41. The lowest BCUT2D eigenvalue weighted by atomic mass is 10.1. The van der Waals surface area contributed by atoms with Crippen molar-refractivity contribution in [2.75, 3.05) is 10.6 Å². The van der Waals surface area contributed by atoms with Crippen LogP contribution in [0, 0.1) is 0 Å². The standard InChI is InChI=1S/C20H23N7O6/c1-10(21)25-18-16(17(22)30)24-9-13(26-18)8-23-12-4-2-11(3-5-12)19(31)27-14(20(32)33)6-7-15(28)29/h2-5,9,14,23H,1,6-8,21H2,(H2,22,30)(H,25,26)(H,27,31)(H,28,29)(H,32,33). The van der Waals surface area contributed by atoms with Gasteiger partial charge in [-0.15, -0.1) is 0 Å². The van der Waals surface area contributed by atoms with Crippen molar-refractivity contribution in [2.24, 2.45) is 11.5 Å². The largest absolute Gasteiger partial charge is 0.481 e. The second-order valence-corrected chi connectivity index (χ2v) is 6.80. The second-order valence-electron chi connectivity index (χ2n) is 6.80. The molecule has 0 bridgehead atoms. The van der Waals surface area contributed by atoms with Crippen LogP contribution < -0.4 is 27.4 Å². The van der Waals surface area contributed by atoms with Crippen molar-refractivity contribution >= 4 is 35.3 Å². The van der Waals surface area contributed by atoms with Crippen molar-refractivity contribution in [1.29, 1.82) is 0 Å². The number of anilines is 2. The van der Waals surface area contributed by atoms with Crippen LogP contribution in [-0.2, 0) is 16.1 Å². The number of hydrogen-bond donors (Lipinski definition) is 7. The third-order valence-corrected chi connectivity index (χ3v) is 4.21. The molecule has 2 amide bonds. The summed E-state index contributed by atoms with van der Waals surface area (Å²) >= 11 is 0. The smallest absolute Gasteiger partial charge is 0.326 e. The Hall–Kier alpha value is -4.68. The van der Waals surface area contributed by atoms with Crippen LogP contribution in [0.25, 0.3) is 0 Å². The average molecular weight is 457 g/mol. The van der Waals surface area contributed by atoms with Gasteiger partial charge >= 0.3 is 11.9 Å². The molecule has 1 aromatic carbocycles. The molecule has 0 spiro atoms. The van der Waals surface area contributed by atoms with Crippen molar-refractivity contribution in [3.05, 3.63) is 59.8 Å². The predicted octanol–water partition coefficient (Wildman–Crippen LogP) is 0.0772. The highest BCUT2D eigenvalue weighted by atomic mass is 16.4. The van der Waals surface area contributed by atoms with Crippen molar-refractivity contribution < 1.29 is 29.4 Å². The first kappa shape index (κ1) is 24.6. The summed E-state index contributed by atoms with van der Waals surface area (Å²) in [4.78, 5) is 53.8. The molecule has 13 nitrogen and oxygen atoms in total. The van der Waals surface area contributed by atoms with Crippen LogP contribution in [-0.4, -0.2) is 50.0 Å². The normalized spacial score (nSPS) is 11.2. The highest BCUT2D eigenvalue weighted by molar-refractivity contribution is 5.97. The number of aliphatic carboxylic acids is 2. The van der Waals surface area contributed by atoms with E-state index in [2.05, 4.69) is 32.5 Å². The van der Waals surface area contributed by atoms with Crippen molar-refractivity contribution in [1.82, 2.24) is 15.3 Å². The van der Waals surface area contributed by atoms with Gasteiger partial charge in [-0.25, -0.2) is 14.8 Å². The quantitative estimate of drug-likeness (QED) is 0.226. The van der Waals surface area contributed by atoms with Gasteiger partial charge in [-0.05, 0) is 30.7 Å². The molecule has 1 heterocycles. The molecule has 1 unspecified atom stereocenters. The maximum atomic E-state index is 12.3. The molecule has 0 aliphatic carbocycles. The van der Waals surface area contributed by atoms with E-state index in [0.29, 0.717) is 11.4 Å². The number of carboxylic acids is 2. The van der Waals surface area contributed by atoms with E-state index in [-0.39, 0.29) is 42.3 Å². The Labute approximate surface area is 187 Å². The van der Waals surface area contributed by atoms with Gasteiger partial charge in [0, 0.05) is 17.7 Å². The van der Waals surface area contributed by atoms with Crippen LogP contribution in [0.2, 0.25) is 0 Å². The van der Waals surface area contributed by atoms with Crippen molar-refractivity contribution in [3.8, 4) is 0 Å². The first-order valence-corrected chi connectivity index (χ1v) is 9.53. The molecule has 0 aliphatic rings. The molecule has 0 saturated heterocycles. The van der Waals surface area contributed by atoms with E-state index in [4.69, 9.17) is 21.7 Å². The molecule has 0 aliphatic heterocycles. The highest BCUT2D eigenvalue weighted by Gasteiger charge is 2.21. The zero-order valence-corrected chi connectivity index (χ0v) is 17.4. The Morgan fingerprint density at radius 3 is 2.30 bits per heavy atom. The number of carbonyl (C=O) groups excluding carboxylic acids is 2. The molecule has 174 valence electrons. The summed E-state index contributed by atoms with van der Waals surface area (Å²) in [6.07, 6.45) is 0.739. The molecule has 13 heteroatoms. The lowest BCUT2D eigenvalue weighted by molar-refractivity contribution is -0.140. The molecule has 2 aromatic rings. The summed E-state index contributed by atoms with van der Waals surface area (Å²) in [5, 5.41) is 25.8. The highest BCUT2D eigenvalue weighted by Crippen LogP contribution is 2.14. The van der Waals surface area contributed by atoms with Crippen LogP contribution >= 0.6 is 0 Å². The van der Waals surface area contributed by atoms with E-state index < -0.39 is 29.8 Å². The number of primary amides is 1. The van der Waals surface area contributed by atoms with Gasteiger partial charge in [-0.3, -0.25) is 14.4 Å². The number of carboxylic acid groups (broad SMARTS) is 2. The Morgan fingerprint density at radius 2 is 1.76 bits per heavy atom. The summed E-state index contributed by atoms with van der Waals surface area (Å²) in [6, 6.07) is 4.81. The molecule has 1 aromatic heterocycles. The summed E-state index contributed by atoms with van der Waals surface area (Å²) in [6.45, 7) is 3.69. The van der Waals surface area contributed by atoms with Crippen LogP contribution in [0.3, 0.4) is 0 Å². The summed E-state index contributed by atoms with van der Waals surface area (Å²) < 4.78 is 0. The van der Waals surface area contributed by atoms with Gasteiger partial charge in [-0.2, -0.15) is 0 Å². The number of hydrogen-bond acceptors (Lipinski definition) is 9. The zero-order valence-electron chi connectivity index (χ0n) is 17.4. The van der Waals surface area contributed by atoms with Crippen molar-refractivity contribution in [2.45, 2.75) is 25.4 Å². The van der Waals surface area contributed by atoms with Crippen molar-refractivity contribution in [3.63, 3.8) is 0 Å². The fourth-order valence-electron chi connectivity index (χ4n) is 2.63. The number of nitrogens with two attached hydrogens (primary N) is 2. The first-order chi connectivity index (χ1) is 15.6. The van der Waals surface area contributed by atoms with Crippen LogP contribution in [0.15, 0.2) is 42.9 Å². The van der Waals surface area contributed by atoms with Gasteiger partial charge in [0.1, 0.15) is 6.04 Å². The van der Waals surface area contributed by atoms with E-state index in [9.17, 15) is 19.2 Å². The van der Waals surface area contributed by atoms with Gasteiger partial charge in [0.2, 0.25) is 0 Å². The summed E-state index contributed by atoms with van der Waals surface area (Å²) in [5.74, 6) is -3.79. The number of nitrogens with zero attached hydrogens (tertiary/aromatic N) is 2. The molecule has 33 heavy (non-hydrogen) atoms. The SMILES string of the molecule is C=C(N)Nc1nc(CNc2ccc(C(=O)NC(CCC(=O)O)C(=O)O)cc2)cnc1C(N)=O. The topological polar surface area (TPSA) is 223 Å². The fourth-order valence-corrected chi connectivity index (χ4v) is 2.63. The van der Waals surface area contributed by atoms with E-state index in [1.165, 1.54) is 18.3 Å². The minimum atomic E-state index is -1.32. The van der Waals surface area contributed by atoms with Gasteiger partial charge in [0.05, 0.1) is 24.3 Å². The van der Waals surface area contributed by atoms with E-state index in [1.807, 2.05) is 0 Å². The Balaban J connectivity index is 2.02. The molecule has 0 fully saturated rings. The summed E-state index contributed by atoms with van der Waals surface area (Å²) in [5.41, 5.74) is 11.9. The summed E-state index contributed by atoms with van der Waals surface area (Å²) in [7, 11) is 0. The molecular formula is C20H23N7O6. The number of carbonyl (C=O) groups is 4. The van der Waals surface area contributed by atoms with E-state index in [0.717, 1.165) is 0 Å². The number of nitrogens with one attached hydrogen (secondary N) is 3. The molecule has 0 radical (unpaired) electrons. The fraction of sp³-hybridized carbons (Fsp3) is 0.200. The van der Waals surface area contributed by atoms with Crippen LogP contribution in [0.4, 0.5) is 11.5 Å². The third kappa shape index (κ3) is 7.50. The number of amides is 2. The van der Waals surface area contributed by atoms with Crippen LogP contribution in [0.5, 0.6) is 0 Å². The predicted molar refractivity (Wildman–Crippen MR) is 117 cm³/mol. The Bertz CT molecular complexity index is 1070. The van der Waals surface area contributed by atoms with Gasteiger partial charge in [0.25, 0.3) is 11.8 Å². The molecule has 2 rings (SSSR count). The minimum absolute atomic E-state index is 0.0545. The lowest BCUT2D eigenvalue weighted by Gasteiger charge is -2.14. The first-order valence-electron chi connectivity index (χ1n) is 9.53. The molecule has 1 atom stereocenters. The van der Waals surface area contributed by atoms with E-state index >= 15 is 0 Å². The maximum Gasteiger partial charge on any atom is 0.326 e. The second kappa shape index (κ2) is 11.1. The number of rotatable bonds is 12. The molecule has 9 N–H and O–H groups in total. The maximum absolute atomic E-state index is 12.3. The van der Waals surface area contributed by atoms with E-state index in [1.54, 1.807) is 12.1 Å². The Kier molecular flexibility index (Phi) is 8.26. The van der Waals surface area contributed by atoms with Gasteiger partial charge < -0.3 is 37.6 Å². The van der Waals surface area contributed by atoms with Gasteiger partial charge in [-0.1, -0.05) is 6.58 Å². The Morgan fingerprint density at radius 1 is 1.09 bits per heavy atom. The molecular weight excluding hydrogens is 434 g/mol.